The van der Waals surface area contributed by atoms with E-state index in [1.807, 2.05) is 6.07 Å². The van der Waals surface area contributed by atoms with Crippen LogP contribution in [0.2, 0.25) is 0 Å². The highest BCUT2D eigenvalue weighted by Gasteiger charge is 2.26. The van der Waals surface area contributed by atoms with Crippen molar-refractivity contribution in [3.05, 3.63) is 29.3 Å². The SMILES string of the molecule is COc1ccc(CNC2CCCC2C#N)cc1C. The van der Waals surface area contributed by atoms with Crippen LogP contribution in [0.15, 0.2) is 18.2 Å². The first-order chi connectivity index (χ1) is 8.74. The van der Waals surface area contributed by atoms with Crippen molar-refractivity contribution in [2.75, 3.05) is 7.11 Å². The second kappa shape index (κ2) is 5.88. The Morgan fingerprint density at radius 1 is 1.44 bits per heavy atom. The van der Waals surface area contributed by atoms with Crippen molar-refractivity contribution < 1.29 is 4.74 Å². The van der Waals surface area contributed by atoms with Gasteiger partial charge in [0.25, 0.3) is 0 Å². The molecule has 2 rings (SSSR count). The molecule has 0 saturated heterocycles. The van der Waals surface area contributed by atoms with Crippen LogP contribution in [0.5, 0.6) is 5.75 Å². The summed E-state index contributed by atoms with van der Waals surface area (Å²) in [5, 5.41) is 12.5. The average molecular weight is 244 g/mol. The molecule has 1 aliphatic rings. The van der Waals surface area contributed by atoms with E-state index in [0.29, 0.717) is 6.04 Å². The third-order valence-corrected chi connectivity index (χ3v) is 3.71. The minimum Gasteiger partial charge on any atom is -0.496 e. The summed E-state index contributed by atoms with van der Waals surface area (Å²) in [5.41, 5.74) is 2.40. The Kier molecular flexibility index (Phi) is 4.22. The van der Waals surface area contributed by atoms with Crippen LogP contribution >= 0.6 is 0 Å². The van der Waals surface area contributed by atoms with Gasteiger partial charge in [0.2, 0.25) is 0 Å². The van der Waals surface area contributed by atoms with Gasteiger partial charge in [-0.15, -0.1) is 0 Å². The third kappa shape index (κ3) is 2.83. The van der Waals surface area contributed by atoms with E-state index in [-0.39, 0.29) is 5.92 Å². The maximum atomic E-state index is 9.04. The Labute approximate surface area is 109 Å². The maximum Gasteiger partial charge on any atom is 0.121 e. The average Bonchev–Trinajstić information content (AvgIpc) is 2.84. The fourth-order valence-corrected chi connectivity index (χ4v) is 2.66. The molecule has 96 valence electrons. The first-order valence-corrected chi connectivity index (χ1v) is 6.51. The van der Waals surface area contributed by atoms with Gasteiger partial charge in [-0.1, -0.05) is 18.6 Å². The second-order valence-electron chi connectivity index (χ2n) is 4.96. The Morgan fingerprint density at radius 3 is 2.94 bits per heavy atom. The van der Waals surface area contributed by atoms with Crippen LogP contribution in [0, 0.1) is 24.2 Å². The van der Waals surface area contributed by atoms with Gasteiger partial charge in [-0.3, -0.25) is 0 Å². The summed E-state index contributed by atoms with van der Waals surface area (Å²) in [6.45, 7) is 2.88. The molecule has 0 bridgehead atoms. The van der Waals surface area contributed by atoms with E-state index in [0.717, 1.165) is 37.1 Å². The van der Waals surface area contributed by atoms with E-state index in [4.69, 9.17) is 10.00 Å². The highest BCUT2D eigenvalue weighted by molar-refractivity contribution is 5.36. The Balaban J connectivity index is 1.94. The van der Waals surface area contributed by atoms with Crippen LogP contribution in [0.1, 0.15) is 30.4 Å². The van der Waals surface area contributed by atoms with Crippen molar-refractivity contribution in [1.82, 2.24) is 5.32 Å². The number of rotatable bonds is 4. The zero-order chi connectivity index (χ0) is 13.0. The van der Waals surface area contributed by atoms with E-state index in [1.54, 1.807) is 7.11 Å². The summed E-state index contributed by atoms with van der Waals surface area (Å²) < 4.78 is 5.25. The summed E-state index contributed by atoms with van der Waals surface area (Å²) in [5.74, 6) is 1.11. The van der Waals surface area contributed by atoms with Gasteiger partial charge in [-0.05, 0) is 37.0 Å². The van der Waals surface area contributed by atoms with Crippen molar-refractivity contribution in [1.29, 1.82) is 5.26 Å². The van der Waals surface area contributed by atoms with Gasteiger partial charge in [-0.2, -0.15) is 5.26 Å². The Bertz CT molecular complexity index is 450. The largest absolute Gasteiger partial charge is 0.496 e. The van der Waals surface area contributed by atoms with E-state index in [9.17, 15) is 0 Å². The minimum absolute atomic E-state index is 0.185. The molecule has 1 aromatic carbocycles. The Hall–Kier alpha value is -1.53. The molecule has 1 aliphatic carbocycles. The fourth-order valence-electron chi connectivity index (χ4n) is 2.66. The first-order valence-electron chi connectivity index (χ1n) is 6.51. The number of benzene rings is 1. The topological polar surface area (TPSA) is 45.0 Å². The van der Waals surface area contributed by atoms with Crippen molar-refractivity contribution in [3.63, 3.8) is 0 Å². The second-order valence-corrected chi connectivity index (χ2v) is 4.96. The van der Waals surface area contributed by atoms with Crippen LogP contribution in [0.4, 0.5) is 0 Å². The lowest BCUT2D eigenvalue weighted by Gasteiger charge is -2.16. The van der Waals surface area contributed by atoms with Gasteiger partial charge >= 0.3 is 0 Å². The molecule has 0 aliphatic heterocycles. The molecule has 18 heavy (non-hydrogen) atoms. The molecule has 1 fully saturated rings. The van der Waals surface area contributed by atoms with Gasteiger partial charge in [0.1, 0.15) is 5.75 Å². The van der Waals surface area contributed by atoms with Crippen molar-refractivity contribution in [3.8, 4) is 11.8 Å². The standard InChI is InChI=1S/C15H20N2O/c1-11-8-12(6-7-15(11)18-2)10-17-14-5-3-4-13(14)9-16/h6-8,13-14,17H,3-5,10H2,1-2H3. The van der Waals surface area contributed by atoms with Gasteiger partial charge in [0.05, 0.1) is 19.1 Å². The number of nitrogens with zero attached hydrogens (tertiary/aromatic N) is 1. The Morgan fingerprint density at radius 2 is 2.28 bits per heavy atom. The van der Waals surface area contributed by atoms with Crippen LogP contribution < -0.4 is 10.1 Å². The molecule has 1 aromatic rings. The molecule has 3 heteroatoms. The quantitative estimate of drug-likeness (QED) is 0.885. The number of ether oxygens (including phenoxy) is 1. The van der Waals surface area contributed by atoms with E-state index in [2.05, 4.69) is 30.4 Å². The van der Waals surface area contributed by atoms with Gasteiger partial charge < -0.3 is 10.1 Å². The highest BCUT2D eigenvalue weighted by atomic mass is 16.5. The fraction of sp³-hybridized carbons (Fsp3) is 0.533. The van der Waals surface area contributed by atoms with Crippen molar-refractivity contribution in [2.24, 2.45) is 5.92 Å². The molecule has 0 spiro atoms. The van der Waals surface area contributed by atoms with Crippen molar-refractivity contribution >= 4 is 0 Å². The molecule has 1 saturated carbocycles. The van der Waals surface area contributed by atoms with Crippen molar-refractivity contribution in [2.45, 2.75) is 38.8 Å². The normalized spacial score (nSPS) is 22.7. The molecular formula is C15H20N2O. The summed E-state index contributed by atoms with van der Waals surface area (Å²) in [6, 6.07) is 8.98. The minimum atomic E-state index is 0.185. The number of hydrogen-bond acceptors (Lipinski definition) is 3. The molecule has 1 N–H and O–H groups in total. The predicted octanol–water partition coefficient (Wildman–Crippen LogP) is 2.79. The number of nitrogens with one attached hydrogen (secondary N) is 1. The van der Waals surface area contributed by atoms with E-state index in [1.165, 1.54) is 5.56 Å². The number of nitriles is 1. The molecule has 2 unspecified atom stereocenters. The lowest BCUT2D eigenvalue weighted by atomic mass is 10.0. The van der Waals surface area contributed by atoms with Gasteiger partial charge in [0.15, 0.2) is 0 Å². The number of hydrogen-bond donors (Lipinski definition) is 1. The van der Waals surface area contributed by atoms with E-state index < -0.39 is 0 Å². The summed E-state index contributed by atoms with van der Waals surface area (Å²) in [6.07, 6.45) is 3.32. The lowest BCUT2D eigenvalue weighted by molar-refractivity contribution is 0.411. The van der Waals surface area contributed by atoms with Crippen LogP contribution in [0.25, 0.3) is 0 Å². The zero-order valence-electron chi connectivity index (χ0n) is 11.1. The lowest BCUT2D eigenvalue weighted by Crippen LogP contribution is -2.31. The van der Waals surface area contributed by atoms with Gasteiger partial charge in [0, 0.05) is 12.6 Å². The summed E-state index contributed by atoms with van der Waals surface area (Å²) in [7, 11) is 1.69. The molecule has 0 heterocycles. The predicted molar refractivity (Wildman–Crippen MR) is 71.3 cm³/mol. The van der Waals surface area contributed by atoms with Gasteiger partial charge in [-0.25, -0.2) is 0 Å². The molecule has 0 aromatic heterocycles. The summed E-state index contributed by atoms with van der Waals surface area (Å²) >= 11 is 0. The number of methoxy groups -OCH3 is 1. The zero-order valence-corrected chi connectivity index (χ0v) is 11.1. The highest BCUT2D eigenvalue weighted by Crippen LogP contribution is 2.25. The first kappa shape index (κ1) is 12.9. The smallest absolute Gasteiger partial charge is 0.121 e. The van der Waals surface area contributed by atoms with Crippen LogP contribution in [-0.4, -0.2) is 13.2 Å². The maximum absolute atomic E-state index is 9.04. The third-order valence-electron chi connectivity index (χ3n) is 3.71. The summed E-state index contributed by atoms with van der Waals surface area (Å²) in [4.78, 5) is 0. The molecule has 3 nitrogen and oxygen atoms in total. The molecular weight excluding hydrogens is 224 g/mol. The van der Waals surface area contributed by atoms with Crippen LogP contribution in [-0.2, 0) is 6.54 Å². The molecule has 2 atom stereocenters. The number of aryl methyl sites for hydroxylation is 1. The molecule has 0 radical (unpaired) electrons. The van der Waals surface area contributed by atoms with Crippen LogP contribution in [0.3, 0.4) is 0 Å². The van der Waals surface area contributed by atoms with E-state index >= 15 is 0 Å². The molecule has 0 amide bonds. The monoisotopic (exact) mass is 244 g/mol.